The fraction of sp³-hybridized carbons (Fsp3) is 0.200. The van der Waals surface area contributed by atoms with Crippen molar-refractivity contribution in [3.05, 3.63) is 63.3 Å². The molecule has 0 spiro atoms. The summed E-state index contributed by atoms with van der Waals surface area (Å²) in [5.41, 5.74) is 1.11. The number of benzene rings is 1. The molecule has 0 aliphatic heterocycles. The Morgan fingerprint density at radius 1 is 1.41 bits per heavy atom. The van der Waals surface area contributed by atoms with Crippen LogP contribution in [0.1, 0.15) is 21.5 Å². The van der Waals surface area contributed by atoms with Crippen LogP contribution < -0.4 is 10.1 Å². The van der Waals surface area contributed by atoms with Gasteiger partial charge in [0, 0.05) is 24.4 Å². The standard InChI is InChI=1S/C15H15N3O4/c1-10-4-3-5-12(14(10)18(20)21)15(19)17-9-11-6-7-16-13(8-11)22-2/h3-8H,9H2,1-2H3,(H,17,19). The third kappa shape index (κ3) is 3.38. The molecule has 114 valence electrons. The lowest BCUT2D eigenvalue weighted by atomic mass is 10.1. The number of nitrogens with zero attached hydrogens (tertiary/aromatic N) is 2. The van der Waals surface area contributed by atoms with E-state index in [0.717, 1.165) is 5.56 Å². The first-order valence-corrected chi connectivity index (χ1v) is 6.54. The Morgan fingerprint density at radius 3 is 2.86 bits per heavy atom. The largest absolute Gasteiger partial charge is 0.481 e. The van der Waals surface area contributed by atoms with Crippen molar-refractivity contribution in [2.24, 2.45) is 0 Å². The van der Waals surface area contributed by atoms with Crippen molar-refractivity contribution < 1.29 is 14.5 Å². The van der Waals surface area contributed by atoms with Gasteiger partial charge in [-0.1, -0.05) is 12.1 Å². The van der Waals surface area contributed by atoms with E-state index in [9.17, 15) is 14.9 Å². The highest BCUT2D eigenvalue weighted by Gasteiger charge is 2.22. The van der Waals surface area contributed by atoms with Crippen LogP contribution in [-0.2, 0) is 6.54 Å². The summed E-state index contributed by atoms with van der Waals surface area (Å²) in [6.45, 7) is 1.82. The molecule has 1 amide bonds. The van der Waals surface area contributed by atoms with Crippen molar-refractivity contribution >= 4 is 11.6 Å². The Labute approximate surface area is 127 Å². The monoisotopic (exact) mass is 301 g/mol. The van der Waals surface area contributed by atoms with Gasteiger partial charge in [-0.2, -0.15) is 0 Å². The van der Waals surface area contributed by atoms with Crippen molar-refractivity contribution in [2.45, 2.75) is 13.5 Å². The summed E-state index contributed by atoms with van der Waals surface area (Å²) in [7, 11) is 1.50. The molecule has 0 aliphatic carbocycles. The molecule has 7 heteroatoms. The van der Waals surface area contributed by atoms with Crippen molar-refractivity contribution in [2.75, 3.05) is 7.11 Å². The average molecular weight is 301 g/mol. The van der Waals surface area contributed by atoms with Crippen molar-refractivity contribution in [3.8, 4) is 5.88 Å². The second kappa shape index (κ2) is 6.66. The maximum absolute atomic E-state index is 12.2. The van der Waals surface area contributed by atoms with Crippen LogP contribution in [0.25, 0.3) is 0 Å². The fourth-order valence-corrected chi connectivity index (χ4v) is 2.03. The number of methoxy groups -OCH3 is 1. The number of aryl methyl sites for hydroxylation is 1. The minimum Gasteiger partial charge on any atom is -0.481 e. The predicted octanol–water partition coefficient (Wildman–Crippen LogP) is 2.24. The van der Waals surface area contributed by atoms with Gasteiger partial charge in [0.1, 0.15) is 5.56 Å². The van der Waals surface area contributed by atoms with E-state index in [2.05, 4.69) is 10.3 Å². The van der Waals surface area contributed by atoms with E-state index in [0.29, 0.717) is 11.4 Å². The van der Waals surface area contributed by atoms with Crippen LogP contribution in [0.15, 0.2) is 36.5 Å². The molecule has 7 nitrogen and oxygen atoms in total. The Balaban J connectivity index is 2.16. The van der Waals surface area contributed by atoms with Crippen molar-refractivity contribution in [1.29, 1.82) is 0 Å². The number of nitrogens with one attached hydrogen (secondary N) is 1. The van der Waals surface area contributed by atoms with E-state index in [1.807, 2.05) is 0 Å². The van der Waals surface area contributed by atoms with E-state index in [1.54, 1.807) is 37.4 Å². The minimum atomic E-state index is -0.542. The number of carbonyl (C=O) groups is 1. The van der Waals surface area contributed by atoms with Crippen LogP contribution in [0.5, 0.6) is 5.88 Å². The number of nitro benzene ring substituents is 1. The molecule has 1 aromatic heterocycles. The molecule has 0 radical (unpaired) electrons. The van der Waals surface area contributed by atoms with E-state index < -0.39 is 10.8 Å². The molecule has 1 aromatic carbocycles. The van der Waals surface area contributed by atoms with Crippen LogP contribution in [0.4, 0.5) is 5.69 Å². The van der Waals surface area contributed by atoms with Gasteiger partial charge >= 0.3 is 0 Å². The molecule has 2 aromatic rings. The molecular formula is C15H15N3O4. The molecule has 0 saturated carbocycles. The molecule has 0 unspecified atom stereocenters. The highest BCUT2D eigenvalue weighted by atomic mass is 16.6. The number of pyridine rings is 1. The second-order valence-electron chi connectivity index (χ2n) is 4.62. The minimum absolute atomic E-state index is 0.0472. The van der Waals surface area contributed by atoms with Crippen LogP contribution in [0, 0.1) is 17.0 Å². The molecule has 1 N–H and O–H groups in total. The predicted molar refractivity (Wildman–Crippen MR) is 79.8 cm³/mol. The summed E-state index contributed by atoms with van der Waals surface area (Å²) < 4.78 is 5.00. The zero-order chi connectivity index (χ0) is 16.1. The fourth-order valence-electron chi connectivity index (χ4n) is 2.03. The Kier molecular flexibility index (Phi) is 4.67. The molecule has 0 bridgehead atoms. The van der Waals surface area contributed by atoms with Gasteiger partial charge < -0.3 is 10.1 Å². The number of ether oxygens (including phenoxy) is 1. The van der Waals surface area contributed by atoms with Gasteiger partial charge in [0.25, 0.3) is 11.6 Å². The average Bonchev–Trinajstić information content (AvgIpc) is 2.52. The van der Waals surface area contributed by atoms with Crippen molar-refractivity contribution in [3.63, 3.8) is 0 Å². The molecule has 22 heavy (non-hydrogen) atoms. The molecular weight excluding hydrogens is 286 g/mol. The number of amides is 1. The highest BCUT2D eigenvalue weighted by Crippen LogP contribution is 2.23. The van der Waals surface area contributed by atoms with E-state index >= 15 is 0 Å². The zero-order valence-corrected chi connectivity index (χ0v) is 12.2. The first-order chi connectivity index (χ1) is 10.5. The number of rotatable bonds is 5. The zero-order valence-electron chi connectivity index (χ0n) is 12.2. The number of nitro groups is 1. The first-order valence-electron chi connectivity index (χ1n) is 6.54. The van der Waals surface area contributed by atoms with Gasteiger partial charge in [0.2, 0.25) is 5.88 Å². The second-order valence-corrected chi connectivity index (χ2v) is 4.62. The normalized spacial score (nSPS) is 10.1. The van der Waals surface area contributed by atoms with Crippen LogP contribution in [0.2, 0.25) is 0 Å². The summed E-state index contributed by atoms with van der Waals surface area (Å²) >= 11 is 0. The smallest absolute Gasteiger partial charge is 0.285 e. The summed E-state index contributed by atoms with van der Waals surface area (Å²) in [6, 6.07) is 8.07. The van der Waals surface area contributed by atoms with Crippen molar-refractivity contribution in [1.82, 2.24) is 10.3 Å². The molecule has 0 fully saturated rings. The molecule has 0 atom stereocenters. The van der Waals surface area contributed by atoms with Gasteiger partial charge in [0.15, 0.2) is 0 Å². The number of hydrogen-bond acceptors (Lipinski definition) is 5. The lowest BCUT2D eigenvalue weighted by Gasteiger charge is -2.08. The quantitative estimate of drug-likeness (QED) is 0.675. The third-order valence-corrected chi connectivity index (χ3v) is 3.13. The SMILES string of the molecule is COc1cc(CNC(=O)c2cccc(C)c2[N+](=O)[O-])ccn1. The van der Waals surface area contributed by atoms with Gasteiger partial charge in [-0.3, -0.25) is 14.9 Å². The van der Waals surface area contributed by atoms with Crippen LogP contribution >= 0.6 is 0 Å². The maximum atomic E-state index is 12.2. The van der Waals surface area contributed by atoms with Gasteiger partial charge in [-0.25, -0.2) is 4.98 Å². The Morgan fingerprint density at radius 2 is 2.18 bits per heavy atom. The number of hydrogen-bond donors (Lipinski definition) is 1. The number of para-hydroxylation sites is 1. The van der Waals surface area contributed by atoms with E-state index in [-0.39, 0.29) is 17.8 Å². The lowest BCUT2D eigenvalue weighted by molar-refractivity contribution is -0.385. The van der Waals surface area contributed by atoms with Crippen LogP contribution in [-0.4, -0.2) is 22.9 Å². The van der Waals surface area contributed by atoms with Gasteiger partial charge in [-0.15, -0.1) is 0 Å². The highest BCUT2D eigenvalue weighted by molar-refractivity contribution is 5.98. The molecule has 2 rings (SSSR count). The molecule has 1 heterocycles. The van der Waals surface area contributed by atoms with Gasteiger partial charge in [0.05, 0.1) is 12.0 Å². The summed E-state index contributed by atoms with van der Waals surface area (Å²) in [4.78, 5) is 26.7. The summed E-state index contributed by atoms with van der Waals surface area (Å²) in [6.07, 6.45) is 1.56. The Bertz CT molecular complexity index is 716. The lowest BCUT2D eigenvalue weighted by Crippen LogP contribution is -2.24. The third-order valence-electron chi connectivity index (χ3n) is 3.13. The summed E-state index contributed by atoms with van der Waals surface area (Å²) in [5.74, 6) is -0.0561. The molecule has 0 saturated heterocycles. The van der Waals surface area contributed by atoms with E-state index in [4.69, 9.17) is 4.74 Å². The summed E-state index contributed by atoms with van der Waals surface area (Å²) in [5, 5.41) is 13.8. The topological polar surface area (TPSA) is 94.4 Å². The first kappa shape index (κ1) is 15.4. The van der Waals surface area contributed by atoms with Crippen LogP contribution in [0.3, 0.4) is 0 Å². The number of carbonyl (C=O) groups excluding carboxylic acids is 1. The Hall–Kier alpha value is -2.96. The van der Waals surface area contributed by atoms with Gasteiger partial charge in [-0.05, 0) is 24.6 Å². The number of aromatic nitrogens is 1. The van der Waals surface area contributed by atoms with E-state index in [1.165, 1.54) is 13.2 Å². The maximum Gasteiger partial charge on any atom is 0.285 e. The molecule has 0 aliphatic rings.